The first-order valence-electron chi connectivity index (χ1n) is 7.13. The molecule has 5 nitrogen and oxygen atoms in total. The van der Waals surface area contributed by atoms with Gasteiger partial charge in [0.15, 0.2) is 11.5 Å². The van der Waals surface area contributed by atoms with E-state index >= 15 is 0 Å². The first kappa shape index (κ1) is 15.9. The Labute approximate surface area is 130 Å². The lowest BCUT2D eigenvalue weighted by Crippen LogP contribution is -2.40. The van der Waals surface area contributed by atoms with Crippen LogP contribution in [0.3, 0.4) is 0 Å². The number of piperidine rings is 1. The number of nitrogens with two attached hydrogens (primary N) is 1. The molecule has 2 aliphatic heterocycles. The topological polar surface area (TPSA) is 64.8 Å². The first-order chi connectivity index (χ1) is 9.74. The third-order valence-corrected chi connectivity index (χ3v) is 3.95. The number of nitrogens with zero attached hydrogens (tertiary/aromatic N) is 1. The second kappa shape index (κ2) is 7.00. The molecule has 0 spiro atoms. The highest BCUT2D eigenvalue weighted by Crippen LogP contribution is 2.34. The van der Waals surface area contributed by atoms with Crippen molar-refractivity contribution in [3.05, 3.63) is 23.8 Å². The van der Waals surface area contributed by atoms with Gasteiger partial charge in [-0.1, -0.05) is 12.1 Å². The number of ether oxygens (including phenoxy) is 2. The molecule has 1 amide bonds. The predicted molar refractivity (Wildman–Crippen MR) is 81.9 cm³/mol. The number of benzene rings is 1. The van der Waals surface area contributed by atoms with Crippen molar-refractivity contribution >= 4 is 18.3 Å². The van der Waals surface area contributed by atoms with E-state index in [1.165, 1.54) is 0 Å². The molecule has 2 heterocycles. The monoisotopic (exact) mass is 312 g/mol. The second-order valence-electron chi connectivity index (χ2n) is 5.42. The molecule has 0 radical (unpaired) electrons. The van der Waals surface area contributed by atoms with Crippen molar-refractivity contribution in [1.82, 2.24) is 4.90 Å². The number of hydrogen-bond donors (Lipinski definition) is 1. The fourth-order valence-corrected chi connectivity index (χ4v) is 2.93. The van der Waals surface area contributed by atoms with E-state index in [0.29, 0.717) is 13.2 Å². The molecule has 0 bridgehead atoms. The summed E-state index contributed by atoms with van der Waals surface area (Å²) in [5, 5.41) is 0. The molecular formula is C15H21ClN2O3. The van der Waals surface area contributed by atoms with E-state index in [0.717, 1.165) is 49.5 Å². The van der Waals surface area contributed by atoms with Crippen molar-refractivity contribution in [2.24, 2.45) is 11.7 Å². The van der Waals surface area contributed by atoms with Crippen LogP contribution in [0, 0.1) is 5.92 Å². The molecule has 1 fully saturated rings. The maximum atomic E-state index is 11.3. The number of halogens is 1. The zero-order chi connectivity index (χ0) is 13.9. The molecular weight excluding hydrogens is 292 g/mol. The fraction of sp³-hybridized carbons (Fsp3) is 0.533. The Balaban J connectivity index is 0.00000161. The maximum Gasteiger partial charge on any atom is 0.221 e. The Morgan fingerprint density at radius 2 is 2.14 bits per heavy atom. The van der Waals surface area contributed by atoms with E-state index in [1.54, 1.807) is 0 Å². The fourth-order valence-electron chi connectivity index (χ4n) is 2.93. The Kier molecular flexibility index (Phi) is 5.31. The van der Waals surface area contributed by atoms with Crippen molar-refractivity contribution in [2.45, 2.75) is 19.4 Å². The van der Waals surface area contributed by atoms with Gasteiger partial charge in [0.2, 0.25) is 5.91 Å². The minimum atomic E-state index is -0.190. The van der Waals surface area contributed by atoms with Gasteiger partial charge in [0, 0.05) is 18.7 Å². The summed E-state index contributed by atoms with van der Waals surface area (Å²) in [5.74, 6) is 1.45. The van der Waals surface area contributed by atoms with Gasteiger partial charge in [-0.3, -0.25) is 9.69 Å². The Morgan fingerprint density at radius 3 is 2.95 bits per heavy atom. The van der Waals surface area contributed by atoms with Crippen LogP contribution in [-0.2, 0) is 11.3 Å². The number of primary amides is 1. The number of para-hydroxylation sites is 1. The first-order valence-corrected chi connectivity index (χ1v) is 7.13. The summed E-state index contributed by atoms with van der Waals surface area (Å²) in [4.78, 5) is 13.6. The number of hydrogen-bond acceptors (Lipinski definition) is 4. The molecule has 1 aromatic rings. The highest BCUT2D eigenvalue weighted by molar-refractivity contribution is 5.85. The van der Waals surface area contributed by atoms with E-state index in [-0.39, 0.29) is 24.2 Å². The number of carbonyl (C=O) groups is 1. The van der Waals surface area contributed by atoms with Gasteiger partial charge in [-0.15, -0.1) is 12.4 Å². The molecule has 1 unspecified atom stereocenters. The SMILES string of the molecule is Cl.NC(=O)C1CCCN(Cc2cccc3c2OCCO3)C1. The van der Waals surface area contributed by atoms with E-state index in [2.05, 4.69) is 11.0 Å². The Morgan fingerprint density at radius 1 is 1.33 bits per heavy atom. The van der Waals surface area contributed by atoms with Crippen LogP contribution in [0.25, 0.3) is 0 Å². The Hall–Kier alpha value is -1.46. The van der Waals surface area contributed by atoms with Crippen LogP contribution in [-0.4, -0.2) is 37.1 Å². The number of rotatable bonds is 3. The molecule has 1 saturated heterocycles. The molecule has 3 rings (SSSR count). The van der Waals surface area contributed by atoms with Crippen LogP contribution in [0.15, 0.2) is 18.2 Å². The highest BCUT2D eigenvalue weighted by atomic mass is 35.5. The summed E-state index contributed by atoms with van der Waals surface area (Å²) in [5.41, 5.74) is 6.54. The third kappa shape index (κ3) is 3.60. The summed E-state index contributed by atoms with van der Waals surface area (Å²) in [6, 6.07) is 5.97. The van der Waals surface area contributed by atoms with Gasteiger partial charge >= 0.3 is 0 Å². The molecule has 1 atom stereocenters. The van der Waals surface area contributed by atoms with Gasteiger partial charge in [-0.2, -0.15) is 0 Å². The standard InChI is InChI=1S/C15H20N2O3.ClH/c16-15(18)12-4-2-6-17(10-12)9-11-3-1-5-13-14(11)20-8-7-19-13;/h1,3,5,12H,2,4,6-10H2,(H2,16,18);1H. The van der Waals surface area contributed by atoms with E-state index in [9.17, 15) is 4.79 Å². The second-order valence-corrected chi connectivity index (χ2v) is 5.42. The van der Waals surface area contributed by atoms with Crippen molar-refractivity contribution in [2.75, 3.05) is 26.3 Å². The van der Waals surface area contributed by atoms with Gasteiger partial charge in [0.1, 0.15) is 13.2 Å². The van der Waals surface area contributed by atoms with Crippen molar-refractivity contribution in [3.63, 3.8) is 0 Å². The maximum absolute atomic E-state index is 11.3. The number of amides is 1. The minimum Gasteiger partial charge on any atom is -0.486 e. The molecule has 0 saturated carbocycles. The van der Waals surface area contributed by atoms with E-state index < -0.39 is 0 Å². The largest absolute Gasteiger partial charge is 0.486 e. The average molecular weight is 313 g/mol. The number of likely N-dealkylation sites (tertiary alicyclic amines) is 1. The summed E-state index contributed by atoms with van der Waals surface area (Å²) in [6.45, 7) is 3.70. The molecule has 116 valence electrons. The van der Waals surface area contributed by atoms with E-state index in [1.807, 2.05) is 12.1 Å². The van der Waals surface area contributed by atoms with E-state index in [4.69, 9.17) is 15.2 Å². The van der Waals surface area contributed by atoms with Crippen LogP contribution in [0.2, 0.25) is 0 Å². The van der Waals surface area contributed by atoms with Gasteiger partial charge in [0.05, 0.1) is 5.92 Å². The van der Waals surface area contributed by atoms with Crippen LogP contribution in [0.1, 0.15) is 18.4 Å². The van der Waals surface area contributed by atoms with Crippen LogP contribution in [0.5, 0.6) is 11.5 Å². The average Bonchev–Trinajstić information content (AvgIpc) is 2.48. The van der Waals surface area contributed by atoms with Crippen molar-refractivity contribution in [1.29, 1.82) is 0 Å². The predicted octanol–water partition coefficient (Wildman–Crippen LogP) is 1.58. The van der Waals surface area contributed by atoms with Gasteiger partial charge in [-0.25, -0.2) is 0 Å². The molecule has 6 heteroatoms. The van der Waals surface area contributed by atoms with Gasteiger partial charge in [0.25, 0.3) is 0 Å². The van der Waals surface area contributed by atoms with Gasteiger partial charge in [-0.05, 0) is 25.5 Å². The van der Waals surface area contributed by atoms with Crippen LogP contribution in [0.4, 0.5) is 0 Å². The molecule has 0 aliphatic carbocycles. The van der Waals surface area contributed by atoms with Gasteiger partial charge < -0.3 is 15.2 Å². The summed E-state index contributed by atoms with van der Waals surface area (Å²) in [6.07, 6.45) is 1.92. The summed E-state index contributed by atoms with van der Waals surface area (Å²) in [7, 11) is 0. The Bertz CT molecular complexity index is 510. The van der Waals surface area contributed by atoms with Crippen molar-refractivity contribution in [3.8, 4) is 11.5 Å². The summed E-state index contributed by atoms with van der Waals surface area (Å²) < 4.78 is 11.3. The summed E-state index contributed by atoms with van der Waals surface area (Å²) >= 11 is 0. The third-order valence-electron chi connectivity index (χ3n) is 3.95. The molecule has 0 aromatic heterocycles. The lowest BCUT2D eigenvalue weighted by atomic mass is 9.97. The highest BCUT2D eigenvalue weighted by Gasteiger charge is 2.25. The van der Waals surface area contributed by atoms with Crippen LogP contribution < -0.4 is 15.2 Å². The van der Waals surface area contributed by atoms with Crippen molar-refractivity contribution < 1.29 is 14.3 Å². The lowest BCUT2D eigenvalue weighted by molar-refractivity contribution is -0.123. The molecule has 2 aliphatic rings. The smallest absolute Gasteiger partial charge is 0.221 e. The number of fused-ring (bicyclic) bond motifs is 1. The molecule has 1 aromatic carbocycles. The van der Waals surface area contributed by atoms with Crippen LogP contribution >= 0.6 is 12.4 Å². The number of carbonyl (C=O) groups excluding carboxylic acids is 1. The molecule has 2 N–H and O–H groups in total. The normalized spacial score (nSPS) is 21.4. The zero-order valence-corrected chi connectivity index (χ0v) is 12.7. The quantitative estimate of drug-likeness (QED) is 0.920. The minimum absolute atomic E-state index is 0. The lowest BCUT2D eigenvalue weighted by Gasteiger charge is -2.32. The molecule has 21 heavy (non-hydrogen) atoms. The zero-order valence-electron chi connectivity index (χ0n) is 11.9.